The number of carboxylic acids is 1. The lowest BCUT2D eigenvalue weighted by atomic mass is 9.94. The van der Waals surface area contributed by atoms with Gasteiger partial charge in [-0.15, -0.1) is 0 Å². The summed E-state index contributed by atoms with van der Waals surface area (Å²) >= 11 is 0. The molecule has 7 heteroatoms. The summed E-state index contributed by atoms with van der Waals surface area (Å²) in [7, 11) is 0. The highest BCUT2D eigenvalue weighted by atomic mass is 16.6. The van der Waals surface area contributed by atoms with E-state index in [1.165, 1.54) is 13.8 Å². The Morgan fingerprint density at radius 1 is 1.00 bits per heavy atom. The second-order valence-electron chi connectivity index (χ2n) is 7.51. The number of hydrogen-bond acceptors (Lipinski definition) is 5. The molecule has 148 valence electrons. The van der Waals surface area contributed by atoms with Crippen molar-refractivity contribution in [3.8, 4) is 0 Å². The van der Waals surface area contributed by atoms with Crippen LogP contribution in [0.1, 0.15) is 45.7 Å². The Kier molecular flexibility index (Phi) is 7.69. The maximum absolute atomic E-state index is 12.2. The van der Waals surface area contributed by atoms with Crippen LogP contribution >= 0.6 is 0 Å². The molecule has 0 heterocycles. The van der Waals surface area contributed by atoms with Crippen LogP contribution in [0.5, 0.6) is 0 Å². The van der Waals surface area contributed by atoms with Crippen molar-refractivity contribution in [2.45, 2.75) is 59.1 Å². The summed E-state index contributed by atoms with van der Waals surface area (Å²) in [5.41, 5.74) is 0.803. The number of ether oxygens (including phenoxy) is 1. The Hall–Kier alpha value is -2.70. The number of benzene rings is 1. The average molecular weight is 377 g/mol. The van der Waals surface area contributed by atoms with Gasteiger partial charge in [-0.1, -0.05) is 24.3 Å². The predicted octanol–water partition coefficient (Wildman–Crippen LogP) is 1.91. The summed E-state index contributed by atoms with van der Waals surface area (Å²) in [6, 6.07) is 5.91. The largest absolute Gasteiger partial charge is 0.480 e. The highest BCUT2D eigenvalue weighted by molar-refractivity contribution is 5.98. The summed E-state index contributed by atoms with van der Waals surface area (Å²) < 4.78 is 5.31. The number of aliphatic carboxylic acids is 1. The first-order valence-corrected chi connectivity index (χ1v) is 8.70. The number of Topliss-reactive ketones (excluding diaryl/α,β-unsaturated/α-hetero) is 1. The van der Waals surface area contributed by atoms with E-state index >= 15 is 0 Å². The maximum Gasteiger partial charge on any atom is 0.326 e. The molecular formula is C20H27NO6. The molecule has 7 nitrogen and oxygen atoms in total. The summed E-state index contributed by atoms with van der Waals surface area (Å²) in [6.45, 7) is 7.84. The van der Waals surface area contributed by atoms with Gasteiger partial charge in [-0.25, -0.2) is 4.79 Å². The zero-order chi connectivity index (χ0) is 20.8. The second-order valence-corrected chi connectivity index (χ2v) is 7.51. The third kappa shape index (κ3) is 8.02. The number of hydrogen-bond donors (Lipinski definition) is 2. The van der Waals surface area contributed by atoms with Crippen molar-refractivity contribution < 1.29 is 29.0 Å². The van der Waals surface area contributed by atoms with Crippen molar-refractivity contribution in [1.29, 1.82) is 0 Å². The van der Waals surface area contributed by atoms with Gasteiger partial charge in [0.1, 0.15) is 23.3 Å². The van der Waals surface area contributed by atoms with Crippen molar-refractivity contribution in [3.63, 3.8) is 0 Å². The molecule has 1 aromatic carbocycles. The number of nitrogens with one attached hydrogen (secondary N) is 1. The molecule has 0 aliphatic carbocycles. The highest BCUT2D eigenvalue weighted by Gasteiger charge is 2.29. The average Bonchev–Trinajstić information content (AvgIpc) is 2.50. The fourth-order valence-corrected chi connectivity index (χ4v) is 2.49. The van der Waals surface area contributed by atoms with E-state index in [0.717, 1.165) is 11.1 Å². The molecule has 0 spiro atoms. The molecule has 1 amide bonds. The molecular weight excluding hydrogens is 350 g/mol. The molecule has 27 heavy (non-hydrogen) atoms. The molecule has 0 aromatic heterocycles. The van der Waals surface area contributed by atoms with Crippen LogP contribution in [-0.2, 0) is 36.8 Å². The normalized spacial score (nSPS) is 13.4. The molecule has 1 rings (SSSR count). The lowest BCUT2D eigenvalue weighted by Crippen LogP contribution is -2.41. The smallest absolute Gasteiger partial charge is 0.326 e. The van der Waals surface area contributed by atoms with Gasteiger partial charge in [0.2, 0.25) is 5.91 Å². The Morgan fingerprint density at radius 2 is 1.48 bits per heavy atom. The van der Waals surface area contributed by atoms with Crippen LogP contribution in [-0.4, -0.2) is 40.4 Å². The van der Waals surface area contributed by atoms with Gasteiger partial charge in [0.05, 0.1) is 0 Å². The SMILES string of the molecule is CC(=O)N[C@@H](Cc1ccc(CC(C(C)=O)C(=O)OC(C)(C)C)cc1)C(=O)O. The Labute approximate surface area is 159 Å². The van der Waals surface area contributed by atoms with E-state index in [1.54, 1.807) is 45.0 Å². The Morgan fingerprint density at radius 3 is 1.85 bits per heavy atom. The molecule has 0 saturated carbocycles. The fraction of sp³-hybridized carbons (Fsp3) is 0.500. The van der Waals surface area contributed by atoms with Gasteiger partial charge < -0.3 is 15.2 Å². The first kappa shape index (κ1) is 22.3. The quantitative estimate of drug-likeness (QED) is 0.529. The number of amides is 1. The minimum absolute atomic E-state index is 0.136. The summed E-state index contributed by atoms with van der Waals surface area (Å²) in [6.07, 6.45) is 0.343. The number of rotatable bonds is 8. The monoisotopic (exact) mass is 377 g/mol. The summed E-state index contributed by atoms with van der Waals surface area (Å²) in [4.78, 5) is 46.4. The molecule has 0 saturated heterocycles. The number of carboxylic acid groups (broad SMARTS) is 1. The predicted molar refractivity (Wildman–Crippen MR) is 99.1 cm³/mol. The van der Waals surface area contributed by atoms with Crippen molar-refractivity contribution in [1.82, 2.24) is 5.32 Å². The molecule has 0 aliphatic heterocycles. The fourth-order valence-electron chi connectivity index (χ4n) is 2.49. The zero-order valence-corrected chi connectivity index (χ0v) is 16.4. The van der Waals surface area contributed by atoms with Gasteiger partial charge in [-0.3, -0.25) is 14.4 Å². The lowest BCUT2D eigenvalue weighted by Gasteiger charge is -2.23. The van der Waals surface area contributed by atoms with E-state index in [2.05, 4.69) is 5.32 Å². The van der Waals surface area contributed by atoms with Crippen LogP contribution in [0.2, 0.25) is 0 Å². The minimum Gasteiger partial charge on any atom is -0.480 e. The zero-order valence-electron chi connectivity index (χ0n) is 16.4. The first-order chi connectivity index (χ1) is 12.4. The van der Waals surface area contributed by atoms with Crippen LogP contribution < -0.4 is 5.32 Å². The minimum atomic E-state index is -1.11. The van der Waals surface area contributed by atoms with Crippen LogP contribution in [0.3, 0.4) is 0 Å². The van der Waals surface area contributed by atoms with Crippen molar-refractivity contribution in [2.24, 2.45) is 5.92 Å². The van der Waals surface area contributed by atoms with Crippen LogP contribution in [0.4, 0.5) is 0 Å². The van der Waals surface area contributed by atoms with Crippen molar-refractivity contribution in [3.05, 3.63) is 35.4 Å². The molecule has 2 atom stereocenters. The molecule has 2 N–H and O–H groups in total. The number of carbonyl (C=O) groups is 4. The van der Waals surface area contributed by atoms with Gasteiger partial charge in [0.25, 0.3) is 0 Å². The topological polar surface area (TPSA) is 110 Å². The van der Waals surface area contributed by atoms with E-state index in [1.807, 2.05) is 0 Å². The standard InChI is InChI=1S/C20H27NO6/c1-12(22)16(19(26)27-20(3,4)5)10-14-6-8-15(9-7-14)11-17(18(24)25)21-13(2)23/h6-9,16-17H,10-11H2,1-5H3,(H,21,23)(H,24,25)/t16?,17-/m0/s1. The second kappa shape index (κ2) is 9.30. The maximum atomic E-state index is 12.2. The van der Waals surface area contributed by atoms with Gasteiger partial charge >= 0.3 is 11.9 Å². The van der Waals surface area contributed by atoms with Gasteiger partial charge in [-0.2, -0.15) is 0 Å². The highest BCUT2D eigenvalue weighted by Crippen LogP contribution is 2.17. The number of esters is 1. The van der Waals surface area contributed by atoms with Crippen LogP contribution in [0.25, 0.3) is 0 Å². The molecule has 0 bridgehead atoms. The molecule has 1 unspecified atom stereocenters. The number of ketones is 1. The van der Waals surface area contributed by atoms with Gasteiger partial charge in [0.15, 0.2) is 0 Å². The first-order valence-electron chi connectivity index (χ1n) is 8.70. The molecule has 0 aliphatic rings. The third-order valence-electron chi connectivity index (χ3n) is 3.76. The van der Waals surface area contributed by atoms with Crippen molar-refractivity contribution in [2.75, 3.05) is 0 Å². The third-order valence-corrected chi connectivity index (χ3v) is 3.76. The van der Waals surface area contributed by atoms with E-state index in [4.69, 9.17) is 9.84 Å². The lowest BCUT2D eigenvalue weighted by molar-refractivity contribution is -0.161. The summed E-state index contributed by atoms with van der Waals surface area (Å²) in [5, 5.41) is 11.6. The van der Waals surface area contributed by atoms with E-state index < -0.39 is 35.4 Å². The molecule has 0 radical (unpaired) electrons. The van der Waals surface area contributed by atoms with E-state index in [9.17, 15) is 19.2 Å². The molecule has 1 aromatic rings. The molecule has 0 fully saturated rings. The van der Waals surface area contributed by atoms with Crippen molar-refractivity contribution >= 4 is 23.6 Å². The van der Waals surface area contributed by atoms with E-state index in [-0.39, 0.29) is 18.6 Å². The Bertz CT molecular complexity index is 702. The van der Waals surface area contributed by atoms with Crippen LogP contribution in [0.15, 0.2) is 24.3 Å². The van der Waals surface area contributed by atoms with E-state index in [0.29, 0.717) is 0 Å². The summed E-state index contributed by atoms with van der Waals surface area (Å²) in [5.74, 6) is -3.25. The number of carbonyl (C=O) groups excluding carboxylic acids is 3. The Balaban J connectivity index is 2.84. The van der Waals surface area contributed by atoms with Gasteiger partial charge in [-0.05, 0) is 45.2 Å². The van der Waals surface area contributed by atoms with Crippen LogP contribution in [0, 0.1) is 5.92 Å². The van der Waals surface area contributed by atoms with Gasteiger partial charge in [0, 0.05) is 13.3 Å².